The van der Waals surface area contributed by atoms with Crippen molar-refractivity contribution in [2.24, 2.45) is 10.8 Å². The monoisotopic (exact) mass is 502 g/mol. The standard InChI is InChI=1S/C28H38O8/c1-27(2,11-7-19-16-35-17-25(33)26(19)34)12-8-20(29)5-6-21(30)9-13-28(3,4)14-10-22-15-23(31)24(32)18-36-22/h15-18,32-33H,5-14H2,1-4H3. The second-order valence-corrected chi connectivity index (χ2v) is 11.1. The van der Waals surface area contributed by atoms with E-state index in [1.165, 1.54) is 12.3 Å². The van der Waals surface area contributed by atoms with Crippen LogP contribution in [0.4, 0.5) is 0 Å². The summed E-state index contributed by atoms with van der Waals surface area (Å²) < 4.78 is 10.2. The topological polar surface area (TPSA) is 135 Å². The number of hydrogen-bond donors (Lipinski definition) is 2. The molecule has 0 spiro atoms. The summed E-state index contributed by atoms with van der Waals surface area (Å²) in [6.07, 6.45) is 8.28. The van der Waals surface area contributed by atoms with Crippen LogP contribution >= 0.6 is 0 Å². The van der Waals surface area contributed by atoms with Gasteiger partial charge in [-0.3, -0.25) is 19.2 Å². The first-order valence-electron chi connectivity index (χ1n) is 12.4. The van der Waals surface area contributed by atoms with Crippen LogP contribution in [0.5, 0.6) is 11.5 Å². The van der Waals surface area contributed by atoms with E-state index in [0.29, 0.717) is 62.7 Å². The van der Waals surface area contributed by atoms with Gasteiger partial charge < -0.3 is 19.0 Å². The Morgan fingerprint density at radius 3 is 1.86 bits per heavy atom. The predicted octanol–water partition coefficient (Wildman–Crippen LogP) is 5.10. The summed E-state index contributed by atoms with van der Waals surface area (Å²) in [7, 11) is 0. The molecule has 0 fully saturated rings. The first kappa shape index (κ1) is 29.1. The number of aromatic hydroxyl groups is 2. The Kier molecular flexibility index (Phi) is 10.3. The molecule has 0 radical (unpaired) electrons. The van der Waals surface area contributed by atoms with E-state index in [4.69, 9.17) is 8.83 Å². The molecule has 2 aromatic rings. The number of aryl methyl sites for hydroxylation is 2. The molecule has 2 N–H and O–H groups in total. The Labute approximate surface area is 211 Å². The predicted molar refractivity (Wildman–Crippen MR) is 135 cm³/mol. The molecule has 0 saturated heterocycles. The highest BCUT2D eigenvalue weighted by molar-refractivity contribution is 5.86. The molecule has 0 aromatic carbocycles. The molecule has 0 bridgehead atoms. The zero-order valence-electron chi connectivity index (χ0n) is 21.7. The normalized spacial score (nSPS) is 12.0. The van der Waals surface area contributed by atoms with E-state index in [1.807, 2.05) is 27.7 Å². The van der Waals surface area contributed by atoms with E-state index >= 15 is 0 Å². The summed E-state index contributed by atoms with van der Waals surface area (Å²) in [6.45, 7) is 8.15. The maximum atomic E-state index is 12.4. The number of carbonyl (C=O) groups is 2. The molecule has 198 valence electrons. The van der Waals surface area contributed by atoms with E-state index in [9.17, 15) is 29.4 Å². The summed E-state index contributed by atoms with van der Waals surface area (Å²) >= 11 is 0. The minimum absolute atomic E-state index is 0.0508. The smallest absolute Gasteiger partial charge is 0.229 e. The van der Waals surface area contributed by atoms with Crippen LogP contribution in [-0.2, 0) is 22.4 Å². The molecule has 0 atom stereocenters. The Balaban J connectivity index is 1.68. The molecular weight excluding hydrogens is 464 g/mol. The SMILES string of the molecule is CC(C)(CCC(=O)CCC(=O)CCC(C)(C)CCc1cocc(O)c1=O)CCc1cc(=O)c(O)co1. The molecule has 8 heteroatoms. The lowest BCUT2D eigenvalue weighted by molar-refractivity contribution is -0.124. The number of hydrogen-bond acceptors (Lipinski definition) is 8. The molecule has 0 aliphatic rings. The van der Waals surface area contributed by atoms with Crippen LogP contribution in [0, 0.1) is 10.8 Å². The van der Waals surface area contributed by atoms with Crippen molar-refractivity contribution in [3.8, 4) is 11.5 Å². The highest BCUT2D eigenvalue weighted by atomic mass is 16.4. The fraction of sp³-hybridized carbons (Fsp3) is 0.571. The van der Waals surface area contributed by atoms with Gasteiger partial charge in [0.1, 0.15) is 29.9 Å². The molecule has 0 amide bonds. The molecule has 0 aliphatic carbocycles. The van der Waals surface area contributed by atoms with E-state index < -0.39 is 22.4 Å². The van der Waals surface area contributed by atoms with Gasteiger partial charge in [-0.25, -0.2) is 0 Å². The fourth-order valence-electron chi connectivity index (χ4n) is 3.87. The van der Waals surface area contributed by atoms with Crippen LogP contribution < -0.4 is 10.9 Å². The lowest BCUT2D eigenvalue weighted by Gasteiger charge is -2.24. The van der Waals surface area contributed by atoms with Gasteiger partial charge >= 0.3 is 0 Å². The average molecular weight is 503 g/mol. The summed E-state index contributed by atoms with van der Waals surface area (Å²) in [5, 5.41) is 18.8. The van der Waals surface area contributed by atoms with Crippen molar-refractivity contribution in [1.29, 1.82) is 0 Å². The van der Waals surface area contributed by atoms with E-state index in [-0.39, 0.29) is 35.2 Å². The van der Waals surface area contributed by atoms with Crippen molar-refractivity contribution < 1.29 is 28.6 Å². The van der Waals surface area contributed by atoms with Crippen molar-refractivity contribution in [3.05, 3.63) is 56.6 Å². The number of Topliss-reactive ketones (excluding diaryl/α,β-unsaturated/α-hetero) is 2. The van der Waals surface area contributed by atoms with Gasteiger partial charge in [0.25, 0.3) is 0 Å². The highest BCUT2D eigenvalue weighted by Crippen LogP contribution is 2.30. The molecule has 2 rings (SSSR count). The maximum Gasteiger partial charge on any atom is 0.229 e. The minimum Gasteiger partial charge on any atom is -0.502 e. The summed E-state index contributed by atoms with van der Waals surface area (Å²) in [4.78, 5) is 48.2. The molecule has 0 saturated carbocycles. The fourth-order valence-corrected chi connectivity index (χ4v) is 3.87. The van der Waals surface area contributed by atoms with Crippen molar-refractivity contribution in [2.75, 3.05) is 0 Å². The molecule has 0 aliphatic heterocycles. The molecule has 2 heterocycles. The minimum atomic E-state index is -0.471. The van der Waals surface area contributed by atoms with Gasteiger partial charge in [0, 0.05) is 43.7 Å². The third-order valence-electron chi connectivity index (χ3n) is 6.74. The Morgan fingerprint density at radius 2 is 1.31 bits per heavy atom. The Bertz CT molecular complexity index is 1150. The van der Waals surface area contributed by atoms with Gasteiger partial charge in [0.15, 0.2) is 11.5 Å². The van der Waals surface area contributed by atoms with Crippen LogP contribution in [0.1, 0.15) is 90.4 Å². The van der Waals surface area contributed by atoms with Crippen molar-refractivity contribution >= 4 is 11.6 Å². The number of ketones is 2. The molecule has 2 aromatic heterocycles. The highest BCUT2D eigenvalue weighted by Gasteiger charge is 2.22. The summed E-state index contributed by atoms with van der Waals surface area (Å²) in [6, 6.07) is 1.28. The van der Waals surface area contributed by atoms with Gasteiger partial charge in [-0.1, -0.05) is 27.7 Å². The number of rotatable bonds is 15. The average Bonchev–Trinajstić information content (AvgIpc) is 2.82. The van der Waals surface area contributed by atoms with Gasteiger partial charge in [0.2, 0.25) is 10.9 Å². The second kappa shape index (κ2) is 12.7. The Hall–Kier alpha value is -3.16. The van der Waals surface area contributed by atoms with Gasteiger partial charge in [-0.2, -0.15) is 0 Å². The first-order valence-corrected chi connectivity index (χ1v) is 12.4. The first-order chi connectivity index (χ1) is 16.8. The zero-order chi connectivity index (χ0) is 26.9. The largest absolute Gasteiger partial charge is 0.502 e. The van der Waals surface area contributed by atoms with Gasteiger partial charge in [-0.15, -0.1) is 0 Å². The van der Waals surface area contributed by atoms with Crippen LogP contribution in [0.15, 0.2) is 43.3 Å². The lowest BCUT2D eigenvalue weighted by Crippen LogP contribution is -2.18. The van der Waals surface area contributed by atoms with Crippen LogP contribution in [0.2, 0.25) is 0 Å². The van der Waals surface area contributed by atoms with E-state index in [2.05, 4.69) is 0 Å². The molecule has 0 unspecified atom stereocenters. The quantitative estimate of drug-likeness (QED) is 0.343. The summed E-state index contributed by atoms with van der Waals surface area (Å²) in [5.41, 5.74) is -0.816. The zero-order valence-corrected chi connectivity index (χ0v) is 21.7. The molecule has 8 nitrogen and oxygen atoms in total. The summed E-state index contributed by atoms with van der Waals surface area (Å²) in [5.74, 6) is -0.211. The molecule has 36 heavy (non-hydrogen) atoms. The Morgan fingerprint density at radius 1 is 0.750 bits per heavy atom. The molecular formula is C28H38O8. The van der Waals surface area contributed by atoms with Crippen LogP contribution in [0.25, 0.3) is 0 Å². The second-order valence-electron chi connectivity index (χ2n) is 11.1. The maximum absolute atomic E-state index is 12.4. The van der Waals surface area contributed by atoms with Gasteiger partial charge in [0.05, 0.1) is 6.26 Å². The van der Waals surface area contributed by atoms with Crippen LogP contribution in [0.3, 0.4) is 0 Å². The van der Waals surface area contributed by atoms with Crippen molar-refractivity contribution in [3.63, 3.8) is 0 Å². The van der Waals surface area contributed by atoms with Gasteiger partial charge in [-0.05, 0) is 42.9 Å². The van der Waals surface area contributed by atoms with Crippen molar-refractivity contribution in [2.45, 2.75) is 91.9 Å². The van der Waals surface area contributed by atoms with E-state index in [0.717, 1.165) is 12.5 Å². The third kappa shape index (κ3) is 9.84. The number of carbonyl (C=O) groups excluding carboxylic acids is 2. The van der Waals surface area contributed by atoms with Crippen LogP contribution in [-0.4, -0.2) is 21.8 Å². The van der Waals surface area contributed by atoms with Crippen molar-refractivity contribution in [1.82, 2.24) is 0 Å². The lowest BCUT2D eigenvalue weighted by atomic mass is 9.81. The third-order valence-corrected chi connectivity index (χ3v) is 6.74. The van der Waals surface area contributed by atoms with E-state index in [1.54, 1.807) is 0 Å².